The first-order valence-electron chi connectivity index (χ1n) is 14.5. The van der Waals surface area contributed by atoms with Crippen LogP contribution in [0.2, 0.25) is 0 Å². The van der Waals surface area contributed by atoms with Crippen molar-refractivity contribution in [3.63, 3.8) is 0 Å². The Morgan fingerprint density at radius 3 is 2.18 bits per heavy atom. The fraction of sp³-hybridized carbons (Fsp3) is 0.581. The van der Waals surface area contributed by atoms with Crippen LogP contribution in [0.25, 0.3) is 5.57 Å². The molecule has 1 aliphatic heterocycles. The number of aliphatic carboxylic acids is 2. The van der Waals surface area contributed by atoms with Crippen LogP contribution in [0.15, 0.2) is 41.7 Å². The monoisotopic (exact) mass is 620 g/mol. The van der Waals surface area contributed by atoms with E-state index in [-0.39, 0.29) is 33.2 Å². The summed E-state index contributed by atoms with van der Waals surface area (Å²) >= 11 is 0. The highest BCUT2D eigenvalue weighted by Gasteiger charge is 2.46. The molecule has 2 N–H and O–H groups in total. The molecule has 2 aliphatic rings. The first-order valence-corrected chi connectivity index (χ1v) is 14.5. The summed E-state index contributed by atoms with van der Waals surface area (Å²) in [5, 5.41) is 19.7. The predicted octanol–water partition coefficient (Wildman–Crippen LogP) is 1.97. The lowest BCUT2D eigenvalue weighted by Crippen LogP contribution is -2.50. The number of likely N-dealkylation sites (N-methyl/N-ethyl adjacent to an activating group) is 1. The van der Waals surface area contributed by atoms with Gasteiger partial charge in [-0.15, -0.1) is 0 Å². The Kier molecular flexibility index (Phi) is 14.2. The number of piperazine rings is 1. The summed E-state index contributed by atoms with van der Waals surface area (Å²) in [6.45, 7) is 4.22. The summed E-state index contributed by atoms with van der Waals surface area (Å²) in [5.74, 6) is -3.21. The van der Waals surface area contributed by atoms with E-state index < -0.39 is 29.7 Å². The number of hydrogen-bond acceptors (Lipinski definition) is 11. The number of nitrogens with zero attached hydrogens (tertiary/aromatic N) is 2. The third kappa shape index (κ3) is 9.84. The largest absolute Gasteiger partial charge is 0.481 e. The summed E-state index contributed by atoms with van der Waals surface area (Å²) in [4.78, 5) is 41.8. The molecule has 0 saturated carbocycles. The number of ether oxygens (including phenoxy) is 6. The van der Waals surface area contributed by atoms with E-state index in [1.54, 1.807) is 44.6 Å². The van der Waals surface area contributed by atoms with Crippen molar-refractivity contribution >= 4 is 23.8 Å². The van der Waals surface area contributed by atoms with Gasteiger partial charge in [0.05, 0.1) is 38.8 Å². The number of allylic oxidation sites excluding steroid dienone is 2. The van der Waals surface area contributed by atoms with E-state index in [0.717, 1.165) is 19.4 Å². The second-order valence-electron chi connectivity index (χ2n) is 10.8. The average Bonchev–Trinajstić information content (AvgIpc) is 3.01. The molecule has 0 bridgehead atoms. The zero-order valence-electron chi connectivity index (χ0n) is 25.7. The van der Waals surface area contributed by atoms with Crippen molar-refractivity contribution in [1.29, 1.82) is 0 Å². The van der Waals surface area contributed by atoms with Crippen LogP contribution in [0.3, 0.4) is 0 Å². The molecular weight excluding hydrogens is 576 g/mol. The second kappa shape index (κ2) is 17.8. The highest BCUT2D eigenvalue weighted by molar-refractivity contribution is 5.89. The van der Waals surface area contributed by atoms with Crippen molar-refractivity contribution in [1.82, 2.24) is 9.80 Å². The number of rotatable bonds is 20. The molecule has 0 radical (unpaired) electrons. The van der Waals surface area contributed by atoms with Crippen LogP contribution in [0.1, 0.15) is 18.4 Å². The molecule has 13 heteroatoms. The van der Waals surface area contributed by atoms with Crippen LogP contribution in [0.4, 0.5) is 0 Å². The van der Waals surface area contributed by atoms with Crippen molar-refractivity contribution in [2.24, 2.45) is 11.3 Å². The third-order valence-corrected chi connectivity index (χ3v) is 7.62. The fourth-order valence-corrected chi connectivity index (χ4v) is 5.30. The standard InChI is InChI=1S/C31H44N2O11/c1-32-8-10-33(11-9-32)19-31(20-34)18-23(25(30(37)38)17-28(35)36)16-26(29(31)44-22-42-15-13-40-3)24-6-4-5-7-27(24)43-21-41-14-12-39-2/h4-7,16,20,25H,8-15,17-19,21-22H2,1-3H3,(H,35,36)(H,37,38). The smallest absolute Gasteiger partial charge is 0.311 e. The van der Waals surface area contributed by atoms with Gasteiger partial charge >= 0.3 is 11.9 Å². The maximum Gasteiger partial charge on any atom is 0.311 e. The van der Waals surface area contributed by atoms with Gasteiger partial charge in [0.15, 0.2) is 13.6 Å². The molecule has 2 unspecified atom stereocenters. The van der Waals surface area contributed by atoms with Crippen LogP contribution >= 0.6 is 0 Å². The molecule has 244 valence electrons. The number of aldehydes is 1. The van der Waals surface area contributed by atoms with Gasteiger partial charge in [0.25, 0.3) is 0 Å². The van der Waals surface area contributed by atoms with E-state index in [9.17, 15) is 24.6 Å². The van der Waals surface area contributed by atoms with Crippen molar-refractivity contribution < 1.29 is 53.0 Å². The molecule has 13 nitrogen and oxygen atoms in total. The molecule has 1 aromatic carbocycles. The summed E-state index contributed by atoms with van der Waals surface area (Å²) in [7, 11) is 5.14. The van der Waals surface area contributed by atoms with Gasteiger partial charge in [-0.05, 0) is 19.5 Å². The van der Waals surface area contributed by atoms with Crippen LogP contribution in [-0.2, 0) is 38.1 Å². The first-order chi connectivity index (χ1) is 21.2. The number of benzene rings is 1. The summed E-state index contributed by atoms with van der Waals surface area (Å²) in [5.41, 5.74) is -0.105. The minimum absolute atomic E-state index is 0.0346. The maximum atomic E-state index is 13.3. The molecule has 2 atom stereocenters. The van der Waals surface area contributed by atoms with Gasteiger partial charge in [-0.25, -0.2) is 0 Å². The van der Waals surface area contributed by atoms with E-state index in [2.05, 4.69) is 9.80 Å². The maximum absolute atomic E-state index is 13.3. The van der Waals surface area contributed by atoms with Crippen molar-refractivity contribution in [2.75, 3.05) is 94.0 Å². The molecule has 1 aliphatic carbocycles. The zero-order valence-corrected chi connectivity index (χ0v) is 25.7. The molecule has 0 spiro atoms. The Bertz CT molecular complexity index is 1160. The van der Waals surface area contributed by atoms with E-state index in [1.165, 1.54) is 0 Å². The Morgan fingerprint density at radius 2 is 1.59 bits per heavy atom. The Balaban J connectivity index is 2.16. The Labute approximate surface area is 257 Å². The third-order valence-electron chi connectivity index (χ3n) is 7.62. The lowest BCUT2D eigenvalue weighted by atomic mass is 9.70. The lowest BCUT2D eigenvalue weighted by Gasteiger charge is -2.42. The SMILES string of the molecule is COCCOCOC1=C(c2ccccc2OCOCCOC)C=C(C(CC(=O)O)C(=O)O)CC1(C=O)CN1CCN(C)CC1. The molecule has 44 heavy (non-hydrogen) atoms. The summed E-state index contributed by atoms with van der Waals surface area (Å²) in [6.07, 6.45) is 1.73. The van der Waals surface area contributed by atoms with E-state index in [4.69, 9.17) is 28.4 Å². The highest BCUT2D eigenvalue weighted by atomic mass is 16.7. The number of methoxy groups -OCH3 is 2. The van der Waals surface area contributed by atoms with Crippen molar-refractivity contribution in [2.45, 2.75) is 12.8 Å². The Hall–Kier alpha value is -3.33. The van der Waals surface area contributed by atoms with Crippen LogP contribution in [0.5, 0.6) is 5.75 Å². The highest BCUT2D eigenvalue weighted by Crippen LogP contribution is 2.47. The molecule has 3 rings (SSSR count). The number of para-hydroxylation sites is 1. The van der Waals surface area contributed by atoms with Crippen LogP contribution in [-0.4, -0.2) is 132 Å². The molecule has 0 aromatic heterocycles. The molecule has 1 heterocycles. The van der Waals surface area contributed by atoms with E-state index in [1.807, 2.05) is 7.05 Å². The second-order valence-corrected chi connectivity index (χ2v) is 10.8. The quantitative estimate of drug-likeness (QED) is 0.124. The van der Waals surface area contributed by atoms with Gasteiger partial charge in [-0.1, -0.05) is 29.8 Å². The lowest BCUT2D eigenvalue weighted by molar-refractivity contribution is -0.147. The van der Waals surface area contributed by atoms with Gasteiger partial charge in [-0.2, -0.15) is 0 Å². The van der Waals surface area contributed by atoms with Crippen LogP contribution < -0.4 is 4.74 Å². The van der Waals surface area contributed by atoms with Gasteiger partial charge in [0, 0.05) is 58.1 Å². The number of carbonyl (C=O) groups excluding carboxylic acids is 1. The number of carboxylic acid groups (broad SMARTS) is 2. The first kappa shape index (κ1) is 35.2. The van der Waals surface area contributed by atoms with E-state index in [0.29, 0.717) is 61.1 Å². The van der Waals surface area contributed by atoms with Gasteiger partial charge in [0.1, 0.15) is 23.2 Å². The van der Waals surface area contributed by atoms with Crippen molar-refractivity contribution in [3.8, 4) is 5.75 Å². The number of carbonyl (C=O) groups is 3. The van der Waals surface area contributed by atoms with Gasteiger partial charge < -0.3 is 48.3 Å². The topological polar surface area (TPSA) is 154 Å². The normalized spacial score (nSPS) is 20.2. The Morgan fingerprint density at radius 1 is 0.955 bits per heavy atom. The number of hydrogen-bond donors (Lipinski definition) is 2. The van der Waals surface area contributed by atoms with Gasteiger partial charge in [-0.3, -0.25) is 14.5 Å². The molecule has 1 aromatic rings. The average molecular weight is 621 g/mol. The minimum atomic E-state index is -1.36. The molecule has 1 saturated heterocycles. The molecule has 1 fully saturated rings. The molecule has 0 amide bonds. The molecular formula is C31H44N2O11. The van der Waals surface area contributed by atoms with E-state index >= 15 is 0 Å². The summed E-state index contributed by atoms with van der Waals surface area (Å²) < 4.78 is 33.4. The zero-order chi connectivity index (χ0) is 32.0. The minimum Gasteiger partial charge on any atom is -0.481 e. The van der Waals surface area contributed by atoms with Gasteiger partial charge in [0.2, 0.25) is 0 Å². The number of carboxylic acids is 2. The van der Waals surface area contributed by atoms with Crippen LogP contribution in [0, 0.1) is 11.3 Å². The fourth-order valence-electron chi connectivity index (χ4n) is 5.30. The summed E-state index contributed by atoms with van der Waals surface area (Å²) in [6, 6.07) is 7.06. The van der Waals surface area contributed by atoms with Crippen molar-refractivity contribution in [3.05, 3.63) is 47.2 Å². The predicted molar refractivity (Wildman–Crippen MR) is 159 cm³/mol.